The summed E-state index contributed by atoms with van der Waals surface area (Å²) in [7, 11) is 3.21. The van der Waals surface area contributed by atoms with Crippen LogP contribution in [0.4, 0.5) is 5.95 Å². The van der Waals surface area contributed by atoms with Crippen LogP contribution in [0.2, 0.25) is 0 Å². The molecule has 0 radical (unpaired) electrons. The van der Waals surface area contributed by atoms with Crippen molar-refractivity contribution in [1.29, 1.82) is 0 Å². The second-order valence-electron chi connectivity index (χ2n) is 6.62. The number of hydrogen-bond acceptors (Lipinski definition) is 5. The number of nitrogens with zero attached hydrogens (tertiary/aromatic N) is 2. The lowest BCUT2D eigenvalue weighted by Crippen LogP contribution is -2.23. The fourth-order valence-corrected chi connectivity index (χ4v) is 3.63. The van der Waals surface area contributed by atoms with E-state index in [9.17, 15) is 4.79 Å². The molecular formula is C23H20BrN3O3. The molecule has 0 saturated heterocycles. The highest BCUT2D eigenvalue weighted by atomic mass is 79.9. The van der Waals surface area contributed by atoms with Gasteiger partial charge in [0, 0.05) is 11.0 Å². The van der Waals surface area contributed by atoms with Crippen LogP contribution in [0.3, 0.4) is 0 Å². The minimum Gasteiger partial charge on any atom is -0.493 e. The third-order valence-electron chi connectivity index (χ3n) is 4.74. The molecule has 7 heteroatoms. The minimum atomic E-state index is -0.137. The number of fused-ring (bicyclic) bond motifs is 1. The number of anilines is 1. The van der Waals surface area contributed by atoms with Crippen molar-refractivity contribution in [2.45, 2.75) is 6.54 Å². The summed E-state index contributed by atoms with van der Waals surface area (Å²) >= 11 is 3.44. The Hall–Kier alpha value is -3.32. The summed E-state index contributed by atoms with van der Waals surface area (Å²) < 4.78 is 13.1. The maximum absolute atomic E-state index is 13.3. The molecule has 0 unspecified atom stereocenters. The van der Waals surface area contributed by atoms with Crippen LogP contribution in [0.25, 0.3) is 16.6 Å². The van der Waals surface area contributed by atoms with Crippen molar-refractivity contribution in [3.8, 4) is 17.2 Å². The predicted octanol–water partition coefficient (Wildman–Crippen LogP) is 4.78. The van der Waals surface area contributed by atoms with Crippen LogP contribution >= 0.6 is 15.9 Å². The van der Waals surface area contributed by atoms with Crippen LogP contribution in [-0.2, 0) is 6.54 Å². The fraction of sp³-hybridized carbons (Fsp3) is 0.130. The van der Waals surface area contributed by atoms with Gasteiger partial charge in [0.25, 0.3) is 5.56 Å². The van der Waals surface area contributed by atoms with E-state index in [2.05, 4.69) is 21.2 Å². The summed E-state index contributed by atoms with van der Waals surface area (Å²) in [6, 6.07) is 20.7. The van der Waals surface area contributed by atoms with Gasteiger partial charge in [-0.1, -0.05) is 40.2 Å². The summed E-state index contributed by atoms with van der Waals surface area (Å²) in [6.07, 6.45) is 0. The van der Waals surface area contributed by atoms with E-state index in [1.807, 2.05) is 60.7 Å². The molecule has 0 fully saturated rings. The largest absolute Gasteiger partial charge is 0.493 e. The molecular weight excluding hydrogens is 446 g/mol. The molecule has 0 amide bonds. The van der Waals surface area contributed by atoms with E-state index in [-0.39, 0.29) is 5.56 Å². The summed E-state index contributed by atoms with van der Waals surface area (Å²) in [6.45, 7) is 0.460. The monoisotopic (exact) mass is 465 g/mol. The molecule has 1 N–H and O–H groups in total. The number of ether oxygens (including phenoxy) is 2. The van der Waals surface area contributed by atoms with Crippen LogP contribution in [-0.4, -0.2) is 23.8 Å². The number of para-hydroxylation sites is 1. The third-order valence-corrected chi connectivity index (χ3v) is 5.24. The first kappa shape index (κ1) is 20.0. The molecule has 0 spiro atoms. The van der Waals surface area contributed by atoms with Crippen molar-refractivity contribution in [3.05, 3.63) is 87.1 Å². The maximum atomic E-state index is 13.3. The minimum absolute atomic E-state index is 0.137. The quantitative estimate of drug-likeness (QED) is 0.443. The van der Waals surface area contributed by atoms with Gasteiger partial charge in [0.1, 0.15) is 0 Å². The topological polar surface area (TPSA) is 65.4 Å². The highest BCUT2D eigenvalue weighted by Crippen LogP contribution is 2.28. The van der Waals surface area contributed by atoms with Crippen LogP contribution in [0, 0.1) is 0 Å². The van der Waals surface area contributed by atoms with Crippen LogP contribution in [0.15, 0.2) is 76.0 Å². The molecule has 0 aliphatic carbocycles. The number of benzene rings is 3. The lowest BCUT2D eigenvalue weighted by Gasteiger charge is -2.16. The first-order valence-electron chi connectivity index (χ1n) is 9.33. The van der Waals surface area contributed by atoms with E-state index < -0.39 is 0 Å². The molecule has 0 atom stereocenters. The van der Waals surface area contributed by atoms with Gasteiger partial charge >= 0.3 is 0 Å². The van der Waals surface area contributed by atoms with Crippen molar-refractivity contribution >= 4 is 32.8 Å². The zero-order chi connectivity index (χ0) is 21.1. The average Bonchev–Trinajstić information content (AvgIpc) is 2.78. The smallest absolute Gasteiger partial charge is 0.267 e. The standard InChI is InChI=1S/C23H20BrN3O3/c1-29-20-11-8-15(12-21(20)30-2)14-25-23-26-19-10-9-16(24)13-18(19)22(28)27(23)17-6-4-3-5-7-17/h3-13H,14H2,1-2H3,(H,25,26). The summed E-state index contributed by atoms with van der Waals surface area (Å²) in [5.74, 6) is 1.78. The molecule has 3 aromatic carbocycles. The Morgan fingerprint density at radius 2 is 1.73 bits per heavy atom. The van der Waals surface area contributed by atoms with Gasteiger partial charge in [-0.05, 0) is 48.0 Å². The molecule has 1 aromatic heterocycles. The Balaban J connectivity index is 1.78. The molecule has 4 aromatic rings. The Morgan fingerprint density at radius 3 is 2.47 bits per heavy atom. The van der Waals surface area contributed by atoms with Gasteiger partial charge in [-0.3, -0.25) is 4.79 Å². The third kappa shape index (κ3) is 3.89. The maximum Gasteiger partial charge on any atom is 0.267 e. The SMILES string of the molecule is COc1ccc(CNc2nc3ccc(Br)cc3c(=O)n2-c2ccccc2)cc1OC. The number of rotatable bonds is 6. The first-order valence-corrected chi connectivity index (χ1v) is 10.1. The van der Waals surface area contributed by atoms with Gasteiger partial charge in [0.2, 0.25) is 5.95 Å². The van der Waals surface area contributed by atoms with Crippen molar-refractivity contribution < 1.29 is 9.47 Å². The van der Waals surface area contributed by atoms with E-state index in [0.717, 1.165) is 15.7 Å². The van der Waals surface area contributed by atoms with Gasteiger partial charge < -0.3 is 14.8 Å². The van der Waals surface area contributed by atoms with Crippen molar-refractivity contribution in [3.63, 3.8) is 0 Å². The van der Waals surface area contributed by atoms with E-state index in [0.29, 0.717) is 34.9 Å². The lowest BCUT2D eigenvalue weighted by atomic mass is 10.2. The van der Waals surface area contributed by atoms with Crippen molar-refractivity contribution in [1.82, 2.24) is 9.55 Å². The Bertz CT molecular complexity index is 1260. The molecule has 0 aliphatic rings. The molecule has 6 nitrogen and oxygen atoms in total. The van der Waals surface area contributed by atoms with Crippen molar-refractivity contribution in [2.24, 2.45) is 0 Å². The zero-order valence-corrected chi connectivity index (χ0v) is 18.1. The van der Waals surface area contributed by atoms with Gasteiger partial charge in [-0.15, -0.1) is 0 Å². The van der Waals surface area contributed by atoms with E-state index in [1.165, 1.54) is 0 Å². The number of aromatic nitrogens is 2. The first-order chi connectivity index (χ1) is 14.6. The highest BCUT2D eigenvalue weighted by Gasteiger charge is 2.13. The predicted molar refractivity (Wildman–Crippen MR) is 122 cm³/mol. The summed E-state index contributed by atoms with van der Waals surface area (Å²) in [4.78, 5) is 18.0. The second-order valence-corrected chi connectivity index (χ2v) is 7.53. The Kier molecular flexibility index (Phi) is 5.72. The normalized spacial score (nSPS) is 10.8. The fourth-order valence-electron chi connectivity index (χ4n) is 3.26. The van der Waals surface area contributed by atoms with E-state index >= 15 is 0 Å². The Labute approximate surface area is 182 Å². The van der Waals surface area contributed by atoms with Crippen LogP contribution in [0.5, 0.6) is 11.5 Å². The van der Waals surface area contributed by atoms with Gasteiger partial charge in [0.15, 0.2) is 11.5 Å². The molecule has 4 rings (SSSR count). The molecule has 0 bridgehead atoms. The van der Waals surface area contributed by atoms with Crippen molar-refractivity contribution in [2.75, 3.05) is 19.5 Å². The number of nitrogens with one attached hydrogen (secondary N) is 1. The lowest BCUT2D eigenvalue weighted by molar-refractivity contribution is 0.354. The molecule has 30 heavy (non-hydrogen) atoms. The second kappa shape index (κ2) is 8.59. The molecule has 152 valence electrons. The number of hydrogen-bond donors (Lipinski definition) is 1. The summed E-state index contributed by atoms with van der Waals surface area (Å²) in [5, 5.41) is 3.85. The molecule has 1 heterocycles. The zero-order valence-electron chi connectivity index (χ0n) is 16.6. The van der Waals surface area contributed by atoms with Gasteiger partial charge in [-0.2, -0.15) is 0 Å². The number of methoxy groups -OCH3 is 2. The number of halogens is 1. The van der Waals surface area contributed by atoms with Crippen LogP contribution < -0.4 is 20.3 Å². The van der Waals surface area contributed by atoms with E-state index in [4.69, 9.17) is 14.5 Å². The van der Waals surface area contributed by atoms with E-state index in [1.54, 1.807) is 24.9 Å². The summed E-state index contributed by atoms with van der Waals surface area (Å²) in [5.41, 5.74) is 2.21. The molecule has 0 aliphatic heterocycles. The van der Waals surface area contributed by atoms with Gasteiger partial charge in [0.05, 0.1) is 30.8 Å². The van der Waals surface area contributed by atoms with Gasteiger partial charge in [-0.25, -0.2) is 9.55 Å². The molecule has 0 saturated carbocycles. The Morgan fingerprint density at radius 1 is 0.967 bits per heavy atom. The van der Waals surface area contributed by atoms with Crippen LogP contribution in [0.1, 0.15) is 5.56 Å². The highest BCUT2D eigenvalue weighted by molar-refractivity contribution is 9.10. The average molecular weight is 466 g/mol.